The summed E-state index contributed by atoms with van der Waals surface area (Å²) in [6.45, 7) is 10.4. The van der Waals surface area contributed by atoms with E-state index in [2.05, 4.69) is 39.6 Å². The number of nitriles is 1. The van der Waals surface area contributed by atoms with Crippen molar-refractivity contribution in [2.24, 2.45) is 5.92 Å². The average molecular weight is 251 g/mol. The first-order chi connectivity index (χ1) is 8.27. The van der Waals surface area contributed by atoms with Gasteiger partial charge in [0.1, 0.15) is 6.42 Å². The lowest BCUT2D eigenvalue weighted by Gasteiger charge is -2.46. The summed E-state index contributed by atoms with van der Waals surface area (Å²) in [5.74, 6) is 0.553. The van der Waals surface area contributed by atoms with Gasteiger partial charge in [-0.05, 0) is 40.2 Å². The van der Waals surface area contributed by atoms with E-state index in [-0.39, 0.29) is 17.9 Å². The fourth-order valence-corrected chi connectivity index (χ4v) is 2.46. The van der Waals surface area contributed by atoms with Crippen LogP contribution in [0.1, 0.15) is 40.5 Å². The van der Waals surface area contributed by atoms with Crippen LogP contribution in [-0.2, 0) is 4.79 Å². The van der Waals surface area contributed by atoms with Gasteiger partial charge >= 0.3 is 0 Å². The summed E-state index contributed by atoms with van der Waals surface area (Å²) >= 11 is 0. The van der Waals surface area contributed by atoms with Crippen molar-refractivity contribution in [3.63, 3.8) is 0 Å². The van der Waals surface area contributed by atoms with E-state index in [4.69, 9.17) is 5.26 Å². The van der Waals surface area contributed by atoms with E-state index in [1.165, 1.54) is 0 Å². The van der Waals surface area contributed by atoms with Crippen LogP contribution in [0.4, 0.5) is 0 Å². The lowest BCUT2D eigenvalue weighted by Crippen LogP contribution is -2.57. The third kappa shape index (κ3) is 3.46. The second kappa shape index (κ2) is 5.71. The minimum absolute atomic E-state index is 0.000330. The molecule has 4 heteroatoms. The van der Waals surface area contributed by atoms with E-state index >= 15 is 0 Å². The Labute approximate surface area is 111 Å². The summed E-state index contributed by atoms with van der Waals surface area (Å²) < 4.78 is 0. The van der Waals surface area contributed by atoms with Gasteiger partial charge in [0.25, 0.3) is 0 Å². The van der Waals surface area contributed by atoms with Crippen LogP contribution in [0.25, 0.3) is 0 Å². The molecular weight excluding hydrogens is 226 g/mol. The van der Waals surface area contributed by atoms with Crippen LogP contribution in [0.2, 0.25) is 0 Å². The quantitative estimate of drug-likeness (QED) is 0.752. The van der Waals surface area contributed by atoms with Crippen LogP contribution in [0.5, 0.6) is 0 Å². The largest absolute Gasteiger partial charge is 0.340 e. The van der Waals surface area contributed by atoms with E-state index in [0.29, 0.717) is 12.0 Å². The smallest absolute Gasteiger partial charge is 0.236 e. The summed E-state index contributed by atoms with van der Waals surface area (Å²) in [6, 6.07) is 2.32. The lowest BCUT2D eigenvalue weighted by molar-refractivity contribution is -0.133. The zero-order valence-electron chi connectivity index (χ0n) is 12.2. The number of rotatable bonds is 2. The molecule has 0 radical (unpaired) electrons. The van der Waals surface area contributed by atoms with Gasteiger partial charge in [-0.25, -0.2) is 0 Å². The topological polar surface area (TPSA) is 47.3 Å². The van der Waals surface area contributed by atoms with Crippen LogP contribution in [0.15, 0.2) is 0 Å². The van der Waals surface area contributed by atoms with E-state index in [1.807, 2.05) is 11.0 Å². The number of nitrogens with zero attached hydrogens (tertiary/aromatic N) is 3. The van der Waals surface area contributed by atoms with Crippen LogP contribution in [0, 0.1) is 17.2 Å². The SMILES string of the molecule is C[C@@H]1CCN(C(=O)CC#N)C[C@@H]1N(C)C(C)(C)C. The minimum Gasteiger partial charge on any atom is -0.340 e. The molecule has 1 fully saturated rings. The van der Waals surface area contributed by atoms with Crippen molar-refractivity contribution in [3.8, 4) is 6.07 Å². The molecule has 102 valence electrons. The van der Waals surface area contributed by atoms with E-state index in [9.17, 15) is 4.79 Å². The highest BCUT2D eigenvalue weighted by molar-refractivity contribution is 5.78. The van der Waals surface area contributed by atoms with Crippen molar-refractivity contribution >= 4 is 5.91 Å². The van der Waals surface area contributed by atoms with Crippen LogP contribution in [-0.4, -0.2) is 47.4 Å². The van der Waals surface area contributed by atoms with Gasteiger partial charge in [-0.1, -0.05) is 6.92 Å². The number of carbonyl (C=O) groups is 1. The zero-order chi connectivity index (χ0) is 13.9. The molecule has 0 aliphatic carbocycles. The molecule has 0 bridgehead atoms. The molecule has 1 aliphatic heterocycles. The average Bonchev–Trinajstić information content (AvgIpc) is 2.27. The molecule has 1 saturated heterocycles. The maximum atomic E-state index is 11.8. The minimum atomic E-state index is -0.0308. The van der Waals surface area contributed by atoms with E-state index in [0.717, 1.165) is 19.5 Å². The number of likely N-dealkylation sites (N-methyl/N-ethyl adjacent to an activating group) is 1. The molecule has 1 amide bonds. The molecule has 4 nitrogen and oxygen atoms in total. The van der Waals surface area contributed by atoms with Crippen LogP contribution < -0.4 is 0 Å². The Morgan fingerprint density at radius 1 is 1.50 bits per heavy atom. The molecule has 0 saturated carbocycles. The van der Waals surface area contributed by atoms with Gasteiger partial charge in [0, 0.05) is 24.7 Å². The maximum absolute atomic E-state index is 11.8. The number of amides is 1. The molecule has 0 spiro atoms. The Morgan fingerprint density at radius 2 is 2.11 bits per heavy atom. The third-order valence-electron chi connectivity index (χ3n) is 4.06. The first-order valence-electron chi connectivity index (χ1n) is 6.65. The van der Waals surface area contributed by atoms with Gasteiger partial charge in [-0.2, -0.15) is 5.26 Å². The molecule has 0 unspecified atom stereocenters. The number of likely N-dealkylation sites (tertiary alicyclic amines) is 1. The Bertz CT molecular complexity index is 340. The molecule has 1 heterocycles. The van der Waals surface area contributed by atoms with Crippen molar-refractivity contribution in [2.45, 2.75) is 52.1 Å². The highest BCUT2D eigenvalue weighted by Crippen LogP contribution is 2.26. The zero-order valence-corrected chi connectivity index (χ0v) is 12.2. The highest BCUT2D eigenvalue weighted by Gasteiger charge is 2.35. The first kappa shape index (κ1) is 15.0. The van der Waals surface area contributed by atoms with Gasteiger partial charge in [0.2, 0.25) is 5.91 Å². The highest BCUT2D eigenvalue weighted by atomic mass is 16.2. The molecule has 1 rings (SSSR count). The number of carbonyl (C=O) groups excluding carboxylic acids is 1. The second-order valence-corrected chi connectivity index (χ2v) is 6.29. The molecule has 0 aromatic heterocycles. The monoisotopic (exact) mass is 251 g/mol. The predicted octanol–water partition coefficient (Wildman–Crippen LogP) is 1.87. The van der Waals surface area contributed by atoms with Crippen molar-refractivity contribution in [3.05, 3.63) is 0 Å². The normalized spacial score (nSPS) is 25.1. The van der Waals surface area contributed by atoms with Gasteiger partial charge in [-0.15, -0.1) is 0 Å². The number of hydrogen-bond acceptors (Lipinski definition) is 3. The molecule has 0 N–H and O–H groups in total. The van der Waals surface area contributed by atoms with Gasteiger partial charge in [-0.3, -0.25) is 9.69 Å². The second-order valence-electron chi connectivity index (χ2n) is 6.29. The molecule has 2 atom stereocenters. The lowest BCUT2D eigenvalue weighted by atomic mass is 9.89. The molecule has 0 aromatic rings. The van der Waals surface area contributed by atoms with Gasteiger partial charge in [0.15, 0.2) is 0 Å². The maximum Gasteiger partial charge on any atom is 0.236 e. The molecule has 0 aromatic carbocycles. The predicted molar refractivity (Wildman–Crippen MR) is 71.9 cm³/mol. The summed E-state index contributed by atoms with van der Waals surface area (Å²) in [5, 5.41) is 8.62. The summed E-state index contributed by atoms with van der Waals surface area (Å²) in [6.07, 6.45) is 1.02. The molecular formula is C14H25N3O. The summed E-state index contributed by atoms with van der Waals surface area (Å²) in [4.78, 5) is 16.0. The summed E-state index contributed by atoms with van der Waals surface area (Å²) in [5.41, 5.74) is 0.0974. The van der Waals surface area contributed by atoms with Crippen molar-refractivity contribution in [1.29, 1.82) is 5.26 Å². The number of piperidine rings is 1. The Kier molecular flexibility index (Phi) is 4.75. The van der Waals surface area contributed by atoms with Crippen LogP contribution >= 0.6 is 0 Å². The standard InChI is InChI=1S/C14H25N3O/c1-11-7-9-17(13(18)6-8-15)10-12(11)16(5)14(2,3)4/h11-12H,6-7,9-10H2,1-5H3/t11-,12+/m1/s1. The van der Waals surface area contributed by atoms with E-state index in [1.54, 1.807) is 0 Å². The fraction of sp³-hybridized carbons (Fsp3) is 0.857. The third-order valence-corrected chi connectivity index (χ3v) is 4.06. The van der Waals surface area contributed by atoms with Crippen molar-refractivity contribution in [2.75, 3.05) is 20.1 Å². The Hall–Kier alpha value is -1.08. The molecule has 18 heavy (non-hydrogen) atoms. The molecule has 1 aliphatic rings. The van der Waals surface area contributed by atoms with Gasteiger partial charge in [0.05, 0.1) is 6.07 Å². The van der Waals surface area contributed by atoms with Gasteiger partial charge < -0.3 is 4.90 Å². The van der Waals surface area contributed by atoms with E-state index < -0.39 is 0 Å². The van der Waals surface area contributed by atoms with Crippen molar-refractivity contribution < 1.29 is 4.79 Å². The van der Waals surface area contributed by atoms with Crippen molar-refractivity contribution in [1.82, 2.24) is 9.80 Å². The van der Waals surface area contributed by atoms with Crippen LogP contribution in [0.3, 0.4) is 0 Å². The number of hydrogen-bond donors (Lipinski definition) is 0. The Morgan fingerprint density at radius 3 is 2.61 bits per heavy atom. The first-order valence-corrected chi connectivity index (χ1v) is 6.65. The fourth-order valence-electron chi connectivity index (χ4n) is 2.46. The summed E-state index contributed by atoms with van der Waals surface area (Å²) in [7, 11) is 2.12. The Balaban J connectivity index is 2.73.